The molecule has 2 aliphatic rings. The highest BCUT2D eigenvalue weighted by molar-refractivity contribution is 5.76. The van der Waals surface area contributed by atoms with Crippen LogP contribution in [0.15, 0.2) is 95.2 Å². The van der Waals surface area contributed by atoms with Crippen molar-refractivity contribution in [2.75, 3.05) is 18.7 Å². The largest absolute Gasteiger partial charge is 0.414 e. The van der Waals surface area contributed by atoms with Crippen LogP contribution in [0, 0.1) is 0 Å². The van der Waals surface area contributed by atoms with Crippen LogP contribution in [0.1, 0.15) is 44.1 Å². The van der Waals surface area contributed by atoms with Gasteiger partial charge in [-0.15, -0.1) is 0 Å². The molecular weight excluding hydrogens is 463 g/mol. The van der Waals surface area contributed by atoms with Crippen LogP contribution in [-0.2, 0) is 0 Å². The van der Waals surface area contributed by atoms with Crippen molar-refractivity contribution >= 4 is 12.0 Å². The summed E-state index contributed by atoms with van der Waals surface area (Å²) in [5.41, 5.74) is 4.55. The first-order valence-corrected chi connectivity index (χ1v) is 12.0. The summed E-state index contributed by atoms with van der Waals surface area (Å²) in [5.74, 6) is 0.573. The second-order valence-corrected chi connectivity index (χ2v) is 8.55. The molecule has 0 saturated heterocycles. The molecule has 0 spiro atoms. The van der Waals surface area contributed by atoms with E-state index in [1.807, 2.05) is 30.3 Å². The van der Waals surface area contributed by atoms with Crippen LogP contribution < -0.4 is 5.01 Å². The molecule has 190 valence electrons. The molecule has 0 fully saturated rings. The van der Waals surface area contributed by atoms with E-state index in [-0.39, 0.29) is 12.5 Å². The van der Waals surface area contributed by atoms with Gasteiger partial charge in [-0.2, -0.15) is 18.3 Å². The molecule has 1 aromatic heterocycles. The van der Waals surface area contributed by atoms with Crippen molar-refractivity contribution in [3.8, 4) is 11.3 Å². The zero-order chi connectivity index (χ0) is 26.1. The minimum Gasteiger partial charge on any atom is -0.400 e. The van der Waals surface area contributed by atoms with E-state index in [4.69, 9.17) is 5.11 Å². The zero-order valence-corrected chi connectivity index (χ0v) is 20.7. The Morgan fingerprint density at radius 1 is 1.14 bits per heavy atom. The summed E-state index contributed by atoms with van der Waals surface area (Å²) in [6, 6.07) is 13.4. The fourth-order valence-electron chi connectivity index (χ4n) is 4.20. The molecule has 7 heteroatoms. The monoisotopic (exact) mass is 495 g/mol. The Balaban J connectivity index is 0.00000176. The first-order valence-electron chi connectivity index (χ1n) is 12.0. The molecule has 1 N–H and O–H groups in total. The number of aliphatic hydroxyl groups excluding tert-OH is 1. The van der Waals surface area contributed by atoms with Gasteiger partial charge in [0.1, 0.15) is 5.82 Å². The highest BCUT2D eigenvalue weighted by atomic mass is 19.4. The number of anilines is 1. The summed E-state index contributed by atoms with van der Waals surface area (Å²) in [6.45, 7) is 6.05. The molecule has 0 bridgehead atoms. The smallest absolute Gasteiger partial charge is 0.400 e. The van der Waals surface area contributed by atoms with Crippen LogP contribution in [-0.4, -0.2) is 36.1 Å². The summed E-state index contributed by atoms with van der Waals surface area (Å²) >= 11 is 0. The molecule has 2 heterocycles. The Labute approximate surface area is 210 Å². The summed E-state index contributed by atoms with van der Waals surface area (Å²) in [6.07, 6.45) is 8.55. The van der Waals surface area contributed by atoms with Crippen LogP contribution in [0.4, 0.5) is 19.0 Å². The van der Waals surface area contributed by atoms with Gasteiger partial charge in [0.05, 0.1) is 17.8 Å². The van der Waals surface area contributed by atoms with Gasteiger partial charge < -0.3 is 5.11 Å². The van der Waals surface area contributed by atoms with E-state index in [0.29, 0.717) is 11.5 Å². The number of hydrogen-bond acceptors (Lipinski definition) is 4. The molecule has 1 aliphatic carbocycles. The quantitative estimate of drug-likeness (QED) is 0.436. The minimum atomic E-state index is -4.39. The number of benzene rings is 1. The third kappa shape index (κ3) is 6.61. The number of allylic oxidation sites excluding steroid dienone is 6. The number of hydrazone groups is 1. The lowest BCUT2D eigenvalue weighted by Gasteiger charge is -2.24. The number of alkyl halides is 3. The summed E-state index contributed by atoms with van der Waals surface area (Å²) < 4.78 is 39.5. The fraction of sp³-hybridized carbons (Fsp3) is 0.310. The molecule has 1 atom stereocenters. The van der Waals surface area contributed by atoms with Crippen molar-refractivity contribution in [2.45, 2.75) is 44.7 Å². The normalized spacial score (nSPS) is 17.2. The maximum atomic E-state index is 13.2. The maximum absolute atomic E-state index is 13.2. The van der Waals surface area contributed by atoms with Gasteiger partial charge in [0.2, 0.25) is 0 Å². The third-order valence-electron chi connectivity index (χ3n) is 6.14. The van der Waals surface area contributed by atoms with Crippen LogP contribution in [0.25, 0.3) is 11.3 Å². The molecule has 1 unspecified atom stereocenters. The molecule has 0 saturated carbocycles. The molecule has 1 aliphatic heterocycles. The zero-order valence-electron chi connectivity index (χ0n) is 20.7. The lowest BCUT2D eigenvalue weighted by atomic mass is 9.85. The van der Waals surface area contributed by atoms with Gasteiger partial charge in [0.25, 0.3) is 0 Å². The van der Waals surface area contributed by atoms with Crippen LogP contribution in [0.2, 0.25) is 0 Å². The molecule has 2 aromatic rings. The topological polar surface area (TPSA) is 48.7 Å². The van der Waals surface area contributed by atoms with Crippen LogP contribution >= 0.6 is 0 Å². The van der Waals surface area contributed by atoms with E-state index in [2.05, 4.69) is 47.9 Å². The molecular formula is C29H32F3N3O. The van der Waals surface area contributed by atoms with E-state index in [0.717, 1.165) is 50.0 Å². The van der Waals surface area contributed by atoms with Crippen molar-refractivity contribution in [3.05, 3.63) is 95.6 Å². The molecule has 36 heavy (non-hydrogen) atoms. The van der Waals surface area contributed by atoms with Crippen molar-refractivity contribution in [1.82, 2.24) is 4.98 Å². The molecule has 0 radical (unpaired) electrons. The van der Waals surface area contributed by atoms with E-state index < -0.39 is 11.7 Å². The summed E-state index contributed by atoms with van der Waals surface area (Å²) in [7, 11) is 1.00. The predicted molar refractivity (Wildman–Crippen MR) is 141 cm³/mol. The Bertz CT molecular complexity index is 1180. The van der Waals surface area contributed by atoms with Gasteiger partial charge in [-0.1, -0.05) is 68.5 Å². The van der Waals surface area contributed by atoms with Gasteiger partial charge in [0, 0.05) is 24.8 Å². The van der Waals surface area contributed by atoms with Crippen LogP contribution in [0.3, 0.4) is 0 Å². The van der Waals surface area contributed by atoms with Crippen molar-refractivity contribution in [2.24, 2.45) is 5.10 Å². The molecule has 4 nitrogen and oxygen atoms in total. The standard InChI is InChI=1S/C28H28F3N3.CH4O/c1-3-4-8-20(2)21-13-15-22(16-14-21)24-9-5-6-10-25(24)26-11-7-12-27(33-26)34-19-23(17-18-32-34)28(29,30)31;1-2/h5-7,9-15,17-18,22H,2-4,8,16,19H2,1H3;2H,1H3. The first-order chi connectivity index (χ1) is 17.4. The summed E-state index contributed by atoms with van der Waals surface area (Å²) in [4.78, 5) is 4.68. The number of halogens is 3. The van der Waals surface area contributed by atoms with E-state index in [1.165, 1.54) is 22.4 Å². The second-order valence-electron chi connectivity index (χ2n) is 8.55. The van der Waals surface area contributed by atoms with E-state index >= 15 is 0 Å². The number of nitrogens with zero attached hydrogens (tertiary/aromatic N) is 3. The number of unbranched alkanes of at least 4 members (excludes halogenated alkanes) is 1. The molecule has 0 amide bonds. The van der Waals surface area contributed by atoms with Crippen molar-refractivity contribution in [3.63, 3.8) is 0 Å². The highest BCUT2D eigenvalue weighted by Gasteiger charge is 2.35. The highest BCUT2D eigenvalue weighted by Crippen LogP contribution is 2.36. The Kier molecular flexibility index (Phi) is 9.42. The number of hydrogen-bond donors (Lipinski definition) is 1. The van der Waals surface area contributed by atoms with Gasteiger partial charge in [-0.25, -0.2) is 9.99 Å². The van der Waals surface area contributed by atoms with Gasteiger partial charge in [-0.3, -0.25) is 0 Å². The average Bonchev–Trinajstić information content (AvgIpc) is 2.92. The Morgan fingerprint density at radius 3 is 2.61 bits per heavy atom. The van der Waals surface area contributed by atoms with Gasteiger partial charge in [0.15, 0.2) is 0 Å². The van der Waals surface area contributed by atoms with Crippen molar-refractivity contribution in [1.29, 1.82) is 0 Å². The van der Waals surface area contributed by atoms with E-state index in [1.54, 1.807) is 6.07 Å². The summed E-state index contributed by atoms with van der Waals surface area (Å²) in [5, 5.41) is 12.4. The SMILES string of the molecule is C=C(CCCC)C1=CCC(c2ccccc2-c2cccc(N3CC(C(F)(F)F)=CC=N3)n2)C=C1.CO. The van der Waals surface area contributed by atoms with Gasteiger partial charge >= 0.3 is 6.18 Å². The van der Waals surface area contributed by atoms with E-state index in [9.17, 15) is 13.2 Å². The lowest BCUT2D eigenvalue weighted by molar-refractivity contribution is -0.0923. The maximum Gasteiger partial charge on any atom is 0.414 e. The average molecular weight is 496 g/mol. The van der Waals surface area contributed by atoms with Crippen molar-refractivity contribution < 1.29 is 18.3 Å². The molecule has 1 aromatic carbocycles. The lowest BCUT2D eigenvalue weighted by Crippen LogP contribution is -2.29. The van der Waals surface area contributed by atoms with Crippen LogP contribution in [0.5, 0.6) is 0 Å². The first kappa shape index (κ1) is 27.1. The Hall–Kier alpha value is -3.45. The Morgan fingerprint density at radius 2 is 1.92 bits per heavy atom. The fourth-order valence-corrected chi connectivity index (χ4v) is 4.20. The predicted octanol–water partition coefficient (Wildman–Crippen LogP) is 7.37. The second kappa shape index (κ2) is 12.5. The minimum absolute atomic E-state index is 0.192. The van der Waals surface area contributed by atoms with Gasteiger partial charge in [-0.05, 0) is 54.2 Å². The number of rotatable bonds is 7. The third-order valence-corrected chi connectivity index (χ3v) is 6.14. The number of pyridine rings is 1. The molecule has 4 rings (SSSR count). The number of aromatic nitrogens is 1. The number of aliphatic hydroxyl groups is 1.